The number of benzene rings is 2. The minimum absolute atomic E-state index is 0.0121. The van der Waals surface area contributed by atoms with E-state index in [2.05, 4.69) is 4.72 Å². The van der Waals surface area contributed by atoms with Crippen LogP contribution >= 0.6 is 11.6 Å². The van der Waals surface area contributed by atoms with Gasteiger partial charge < -0.3 is 14.4 Å². The Kier molecular flexibility index (Phi) is 5.56. The summed E-state index contributed by atoms with van der Waals surface area (Å²) >= 11 is 6.08. The van der Waals surface area contributed by atoms with Gasteiger partial charge in [0.2, 0.25) is 0 Å². The molecular formula is C20H21ClN2O5S. The fourth-order valence-electron chi connectivity index (χ4n) is 3.45. The van der Waals surface area contributed by atoms with Crippen molar-refractivity contribution in [3.8, 4) is 11.5 Å². The summed E-state index contributed by atoms with van der Waals surface area (Å²) in [7, 11) is -3.97. The average molecular weight is 437 g/mol. The predicted molar refractivity (Wildman–Crippen MR) is 109 cm³/mol. The van der Waals surface area contributed by atoms with Crippen LogP contribution in [0.25, 0.3) is 0 Å². The molecule has 29 heavy (non-hydrogen) atoms. The lowest BCUT2D eigenvalue weighted by Crippen LogP contribution is -2.36. The van der Waals surface area contributed by atoms with Gasteiger partial charge in [-0.25, -0.2) is 8.42 Å². The number of likely N-dealkylation sites (tertiary alicyclic amines) is 1. The summed E-state index contributed by atoms with van der Waals surface area (Å²) in [6.07, 6.45) is 2.98. The summed E-state index contributed by atoms with van der Waals surface area (Å²) in [5.74, 6) is 0.662. The molecule has 0 spiro atoms. The molecule has 0 aliphatic carbocycles. The van der Waals surface area contributed by atoms with Crippen molar-refractivity contribution >= 4 is 33.2 Å². The largest absolute Gasteiger partial charge is 0.486 e. The number of nitrogens with one attached hydrogen (secondary N) is 1. The number of amides is 1. The van der Waals surface area contributed by atoms with Crippen LogP contribution in [0.15, 0.2) is 41.3 Å². The van der Waals surface area contributed by atoms with Gasteiger partial charge in [0, 0.05) is 24.2 Å². The first kappa shape index (κ1) is 19.8. The van der Waals surface area contributed by atoms with E-state index in [1.165, 1.54) is 18.2 Å². The third-order valence-corrected chi connectivity index (χ3v) is 6.52. The molecule has 4 rings (SSSR count). The second kappa shape index (κ2) is 8.12. The molecule has 2 aromatic rings. The summed E-state index contributed by atoms with van der Waals surface area (Å²) in [6, 6.07) is 9.00. The molecule has 2 aromatic carbocycles. The summed E-state index contributed by atoms with van der Waals surface area (Å²) < 4.78 is 39.4. The number of nitrogens with zero attached hydrogens (tertiary/aromatic N) is 1. The van der Waals surface area contributed by atoms with Gasteiger partial charge in [-0.05, 0) is 49.6 Å². The number of hydrogen-bond donors (Lipinski definition) is 1. The molecule has 0 unspecified atom stereocenters. The van der Waals surface area contributed by atoms with Crippen molar-refractivity contribution in [3.63, 3.8) is 0 Å². The van der Waals surface area contributed by atoms with E-state index in [9.17, 15) is 13.2 Å². The van der Waals surface area contributed by atoms with Crippen LogP contribution in [0, 0.1) is 0 Å². The van der Waals surface area contributed by atoms with E-state index in [1.807, 2.05) is 0 Å². The lowest BCUT2D eigenvalue weighted by molar-refractivity contribution is 0.0725. The molecule has 0 bridgehead atoms. The monoisotopic (exact) mass is 436 g/mol. The second-order valence-corrected chi connectivity index (χ2v) is 9.07. The van der Waals surface area contributed by atoms with E-state index < -0.39 is 10.0 Å². The normalized spacial score (nSPS) is 16.4. The number of sulfonamides is 1. The SMILES string of the molecule is O=C(c1ccc(Cl)cc1NS(=O)(=O)c1ccc2c(c1)OCCO2)N1CCCCC1. The molecule has 2 aliphatic rings. The molecule has 0 saturated carbocycles. The third-order valence-electron chi connectivity index (χ3n) is 4.92. The average Bonchev–Trinajstić information content (AvgIpc) is 2.73. The smallest absolute Gasteiger partial charge is 0.262 e. The maximum absolute atomic E-state index is 13.0. The maximum Gasteiger partial charge on any atom is 0.262 e. The van der Waals surface area contributed by atoms with Crippen LogP contribution in [0.1, 0.15) is 29.6 Å². The molecule has 2 aliphatic heterocycles. The van der Waals surface area contributed by atoms with Gasteiger partial charge in [-0.1, -0.05) is 11.6 Å². The Morgan fingerprint density at radius 1 is 0.966 bits per heavy atom. The van der Waals surface area contributed by atoms with Gasteiger partial charge in [-0.3, -0.25) is 9.52 Å². The van der Waals surface area contributed by atoms with Gasteiger partial charge in [0.15, 0.2) is 11.5 Å². The predicted octanol–water partition coefficient (Wildman–Crippen LogP) is 3.54. The molecule has 1 amide bonds. The molecule has 1 fully saturated rings. The Morgan fingerprint density at radius 3 is 2.45 bits per heavy atom. The highest BCUT2D eigenvalue weighted by Gasteiger charge is 2.25. The van der Waals surface area contributed by atoms with Crippen LogP contribution in [0.4, 0.5) is 5.69 Å². The van der Waals surface area contributed by atoms with E-state index in [4.69, 9.17) is 21.1 Å². The van der Waals surface area contributed by atoms with Crippen LogP contribution in [0.5, 0.6) is 11.5 Å². The number of fused-ring (bicyclic) bond motifs is 1. The number of anilines is 1. The molecule has 1 N–H and O–H groups in total. The zero-order valence-electron chi connectivity index (χ0n) is 15.7. The van der Waals surface area contributed by atoms with Gasteiger partial charge in [-0.15, -0.1) is 0 Å². The number of rotatable bonds is 4. The molecule has 0 radical (unpaired) electrons. The maximum atomic E-state index is 13.0. The van der Waals surface area contributed by atoms with Crippen molar-refractivity contribution in [2.45, 2.75) is 24.2 Å². The Hall–Kier alpha value is -2.45. The molecule has 0 atom stereocenters. The fourth-order valence-corrected chi connectivity index (χ4v) is 4.71. The standard InChI is InChI=1S/C20H21ClN2O5S/c21-14-4-6-16(20(24)23-8-2-1-3-9-23)17(12-14)22-29(25,26)15-5-7-18-19(13-15)28-11-10-27-18/h4-7,12-13,22H,1-3,8-11H2. The van der Waals surface area contributed by atoms with Crippen molar-refractivity contribution in [2.75, 3.05) is 31.0 Å². The molecule has 0 aromatic heterocycles. The quantitative estimate of drug-likeness (QED) is 0.792. The fraction of sp³-hybridized carbons (Fsp3) is 0.350. The third kappa shape index (κ3) is 4.28. The van der Waals surface area contributed by atoms with Crippen molar-refractivity contribution in [3.05, 3.63) is 47.0 Å². The van der Waals surface area contributed by atoms with Gasteiger partial charge in [0.05, 0.1) is 16.1 Å². The van der Waals surface area contributed by atoms with Crippen molar-refractivity contribution in [2.24, 2.45) is 0 Å². The van der Waals surface area contributed by atoms with Gasteiger partial charge in [-0.2, -0.15) is 0 Å². The van der Waals surface area contributed by atoms with Gasteiger partial charge >= 0.3 is 0 Å². The number of ether oxygens (including phenoxy) is 2. The molecule has 154 valence electrons. The number of carbonyl (C=O) groups is 1. The van der Waals surface area contributed by atoms with E-state index >= 15 is 0 Å². The van der Waals surface area contributed by atoms with Crippen molar-refractivity contribution in [1.82, 2.24) is 4.90 Å². The zero-order valence-corrected chi connectivity index (χ0v) is 17.3. The van der Waals surface area contributed by atoms with Crippen LogP contribution in [0.3, 0.4) is 0 Å². The van der Waals surface area contributed by atoms with Crippen molar-refractivity contribution in [1.29, 1.82) is 0 Å². The van der Waals surface area contributed by atoms with E-state index in [-0.39, 0.29) is 22.1 Å². The summed E-state index contributed by atoms with van der Waals surface area (Å²) in [5, 5.41) is 0.333. The lowest BCUT2D eigenvalue weighted by Gasteiger charge is -2.27. The first-order valence-corrected chi connectivity index (χ1v) is 11.3. The number of piperidine rings is 1. The molecule has 2 heterocycles. The summed E-state index contributed by atoms with van der Waals surface area (Å²) in [6.45, 7) is 2.10. The highest BCUT2D eigenvalue weighted by Crippen LogP contribution is 2.33. The van der Waals surface area contributed by atoms with Crippen molar-refractivity contribution < 1.29 is 22.7 Å². The highest BCUT2D eigenvalue weighted by molar-refractivity contribution is 7.92. The zero-order chi connectivity index (χ0) is 20.4. The van der Waals surface area contributed by atoms with Crippen LogP contribution in [0.2, 0.25) is 5.02 Å². The van der Waals surface area contributed by atoms with E-state index in [0.29, 0.717) is 42.8 Å². The Labute approximate surface area is 174 Å². The number of carbonyl (C=O) groups excluding carboxylic acids is 1. The van der Waals surface area contributed by atoms with Crippen LogP contribution < -0.4 is 14.2 Å². The molecule has 9 heteroatoms. The Balaban J connectivity index is 1.64. The Morgan fingerprint density at radius 2 is 1.69 bits per heavy atom. The first-order valence-electron chi connectivity index (χ1n) is 9.45. The highest BCUT2D eigenvalue weighted by atomic mass is 35.5. The topological polar surface area (TPSA) is 84.9 Å². The number of halogens is 1. The minimum Gasteiger partial charge on any atom is -0.486 e. The first-order chi connectivity index (χ1) is 13.9. The summed E-state index contributed by atoms with van der Waals surface area (Å²) in [5.41, 5.74) is 0.431. The number of hydrogen-bond acceptors (Lipinski definition) is 5. The summed E-state index contributed by atoms with van der Waals surface area (Å²) in [4.78, 5) is 14.7. The van der Waals surface area contributed by atoms with Gasteiger partial charge in [0.25, 0.3) is 15.9 Å². The Bertz CT molecular complexity index is 1040. The lowest BCUT2D eigenvalue weighted by atomic mass is 10.1. The molecular weight excluding hydrogens is 416 g/mol. The van der Waals surface area contributed by atoms with Gasteiger partial charge in [0.1, 0.15) is 13.2 Å². The van der Waals surface area contributed by atoms with Crippen LogP contribution in [-0.2, 0) is 10.0 Å². The molecule has 1 saturated heterocycles. The molecule has 7 nitrogen and oxygen atoms in total. The second-order valence-electron chi connectivity index (χ2n) is 6.95. The van der Waals surface area contributed by atoms with E-state index in [1.54, 1.807) is 23.1 Å². The van der Waals surface area contributed by atoms with Crippen LogP contribution in [-0.4, -0.2) is 45.5 Å². The minimum atomic E-state index is -3.97. The van der Waals surface area contributed by atoms with E-state index in [0.717, 1.165) is 19.3 Å².